The highest BCUT2D eigenvalue weighted by molar-refractivity contribution is 7.91. The number of aromatic nitrogens is 3. The Labute approximate surface area is 180 Å². The second-order valence-electron chi connectivity index (χ2n) is 7.56. The smallest absolute Gasteiger partial charge is 0.180 e. The highest BCUT2D eigenvalue weighted by Gasteiger charge is 2.22. The lowest BCUT2D eigenvalue weighted by Gasteiger charge is -2.27. The molecule has 0 radical (unpaired) electrons. The molecule has 0 bridgehead atoms. The van der Waals surface area contributed by atoms with E-state index >= 15 is 0 Å². The lowest BCUT2D eigenvalue weighted by molar-refractivity contribution is 0.306. The Bertz CT molecular complexity index is 1290. The van der Waals surface area contributed by atoms with Crippen molar-refractivity contribution in [3.8, 4) is 17.1 Å². The molecule has 0 unspecified atom stereocenters. The molecule has 8 heteroatoms. The van der Waals surface area contributed by atoms with Gasteiger partial charge in [0, 0.05) is 18.7 Å². The number of ether oxygens (including phenoxy) is 1. The lowest BCUT2D eigenvalue weighted by atomic mass is 10.2. The molecule has 5 rings (SSSR count). The van der Waals surface area contributed by atoms with E-state index in [1.54, 1.807) is 0 Å². The molecule has 4 aromatic rings. The number of hydrogen-bond donors (Lipinski definition) is 1. The van der Waals surface area contributed by atoms with E-state index in [1.807, 2.05) is 71.6 Å². The van der Waals surface area contributed by atoms with Crippen LogP contribution in [0.4, 0.5) is 5.82 Å². The van der Waals surface area contributed by atoms with Gasteiger partial charge in [0.1, 0.15) is 24.0 Å². The van der Waals surface area contributed by atoms with Crippen molar-refractivity contribution in [2.45, 2.75) is 6.61 Å². The molecule has 3 heterocycles. The van der Waals surface area contributed by atoms with Crippen molar-refractivity contribution < 1.29 is 13.2 Å². The van der Waals surface area contributed by atoms with Crippen molar-refractivity contribution in [2.75, 3.05) is 29.5 Å². The van der Waals surface area contributed by atoms with Gasteiger partial charge in [-0.15, -0.1) is 0 Å². The summed E-state index contributed by atoms with van der Waals surface area (Å²) in [4.78, 5) is 14.6. The number of benzene rings is 2. The van der Waals surface area contributed by atoms with Crippen molar-refractivity contribution in [3.63, 3.8) is 0 Å². The number of pyridine rings is 1. The molecule has 1 N–H and O–H groups in total. The van der Waals surface area contributed by atoms with Crippen molar-refractivity contribution in [2.24, 2.45) is 0 Å². The third-order valence-electron chi connectivity index (χ3n) is 5.38. The number of hydrogen-bond acceptors (Lipinski definition) is 6. The highest BCUT2D eigenvalue weighted by Crippen LogP contribution is 2.24. The summed E-state index contributed by atoms with van der Waals surface area (Å²) in [5.41, 5.74) is 3.52. The molecule has 1 fully saturated rings. The molecular formula is C23H22N4O3S. The number of fused-ring (bicyclic) bond motifs is 1. The van der Waals surface area contributed by atoms with Gasteiger partial charge in [-0.1, -0.05) is 30.3 Å². The maximum Gasteiger partial charge on any atom is 0.180 e. The first-order chi connectivity index (χ1) is 15.1. The number of nitrogens with zero attached hydrogens (tertiary/aromatic N) is 3. The van der Waals surface area contributed by atoms with Crippen LogP contribution < -0.4 is 9.64 Å². The number of rotatable bonds is 5. The third-order valence-corrected chi connectivity index (χ3v) is 6.98. The standard InChI is InChI=1S/C23H22N4O3S/c28-31(29)14-12-27(13-15-31)21-11-10-20-23(25-21)26-22(24-20)18-6-8-19(9-7-18)30-16-17-4-2-1-3-5-17/h1-11H,12-16H2,(H,24,25,26). The van der Waals surface area contributed by atoms with Gasteiger partial charge in [0.2, 0.25) is 0 Å². The summed E-state index contributed by atoms with van der Waals surface area (Å²) in [6.07, 6.45) is 0. The Morgan fingerprint density at radius 3 is 2.39 bits per heavy atom. The Hall–Kier alpha value is -3.39. The largest absolute Gasteiger partial charge is 0.489 e. The molecular weight excluding hydrogens is 412 g/mol. The van der Waals surface area contributed by atoms with E-state index in [0.29, 0.717) is 25.3 Å². The van der Waals surface area contributed by atoms with Gasteiger partial charge in [-0.05, 0) is 42.0 Å². The fraction of sp³-hybridized carbons (Fsp3) is 0.217. The van der Waals surface area contributed by atoms with Crippen molar-refractivity contribution in [3.05, 3.63) is 72.3 Å². The Kier molecular flexibility index (Phi) is 5.07. The molecule has 31 heavy (non-hydrogen) atoms. The molecule has 0 atom stereocenters. The minimum Gasteiger partial charge on any atom is -0.489 e. The van der Waals surface area contributed by atoms with E-state index in [-0.39, 0.29) is 11.5 Å². The fourth-order valence-electron chi connectivity index (χ4n) is 3.59. The summed E-state index contributed by atoms with van der Waals surface area (Å²) in [6, 6.07) is 21.7. The molecule has 158 valence electrons. The first-order valence-corrected chi connectivity index (χ1v) is 12.0. The number of nitrogens with one attached hydrogen (secondary N) is 1. The average Bonchev–Trinajstić information content (AvgIpc) is 3.22. The van der Waals surface area contributed by atoms with Gasteiger partial charge in [-0.3, -0.25) is 0 Å². The van der Waals surface area contributed by atoms with Crippen LogP contribution in [0.25, 0.3) is 22.6 Å². The summed E-state index contributed by atoms with van der Waals surface area (Å²) in [7, 11) is -2.92. The molecule has 0 amide bonds. The molecule has 0 saturated carbocycles. The number of imidazole rings is 1. The number of anilines is 1. The Morgan fingerprint density at radius 2 is 1.65 bits per heavy atom. The van der Waals surface area contributed by atoms with E-state index in [1.165, 1.54) is 0 Å². The van der Waals surface area contributed by atoms with Crippen LogP contribution in [0, 0.1) is 0 Å². The van der Waals surface area contributed by atoms with E-state index < -0.39 is 9.84 Å². The van der Waals surface area contributed by atoms with E-state index in [2.05, 4.69) is 15.0 Å². The molecule has 0 aliphatic carbocycles. The minimum atomic E-state index is -2.92. The predicted octanol–water partition coefficient (Wildman–Crippen LogP) is 3.44. The summed E-state index contributed by atoms with van der Waals surface area (Å²) >= 11 is 0. The van der Waals surface area contributed by atoms with Crippen LogP contribution in [0.2, 0.25) is 0 Å². The van der Waals surface area contributed by atoms with Crippen LogP contribution in [0.3, 0.4) is 0 Å². The number of aromatic amines is 1. The first-order valence-electron chi connectivity index (χ1n) is 10.2. The van der Waals surface area contributed by atoms with E-state index in [9.17, 15) is 8.42 Å². The quantitative estimate of drug-likeness (QED) is 0.518. The monoisotopic (exact) mass is 434 g/mol. The van der Waals surface area contributed by atoms with E-state index in [4.69, 9.17) is 4.74 Å². The zero-order valence-electron chi connectivity index (χ0n) is 16.9. The van der Waals surface area contributed by atoms with Crippen molar-refractivity contribution >= 4 is 26.8 Å². The van der Waals surface area contributed by atoms with Crippen LogP contribution >= 0.6 is 0 Å². The molecule has 1 aliphatic rings. The summed E-state index contributed by atoms with van der Waals surface area (Å²) < 4.78 is 29.2. The molecule has 2 aromatic carbocycles. The van der Waals surface area contributed by atoms with Gasteiger partial charge in [0.25, 0.3) is 0 Å². The lowest BCUT2D eigenvalue weighted by Crippen LogP contribution is -2.40. The molecule has 1 saturated heterocycles. The first kappa shape index (κ1) is 19.6. The second kappa shape index (κ2) is 8.03. The number of H-pyrrole nitrogens is 1. The predicted molar refractivity (Wildman–Crippen MR) is 121 cm³/mol. The van der Waals surface area contributed by atoms with Gasteiger partial charge >= 0.3 is 0 Å². The second-order valence-corrected chi connectivity index (χ2v) is 9.87. The van der Waals surface area contributed by atoms with E-state index in [0.717, 1.165) is 34.0 Å². The summed E-state index contributed by atoms with van der Waals surface area (Å²) in [5.74, 6) is 2.61. The SMILES string of the molecule is O=S1(=O)CCN(c2ccc3[nH]c(-c4ccc(OCc5ccccc5)cc4)nc3n2)CC1. The minimum absolute atomic E-state index is 0.164. The zero-order valence-corrected chi connectivity index (χ0v) is 17.7. The van der Waals surface area contributed by atoms with Gasteiger partial charge in [-0.25, -0.2) is 18.4 Å². The topological polar surface area (TPSA) is 88.2 Å². The average molecular weight is 435 g/mol. The Balaban J connectivity index is 1.31. The van der Waals surface area contributed by atoms with Crippen LogP contribution in [0.5, 0.6) is 5.75 Å². The maximum absolute atomic E-state index is 11.7. The fourth-order valence-corrected chi connectivity index (χ4v) is 4.79. The molecule has 1 aliphatic heterocycles. The van der Waals surface area contributed by atoms with Gasteiger partial charge in [0.05, 0.1) is 17.0 Å². The molecule has 2 aromatic heterocycles. The molecule has 7 nitrogen and oxygen atoms in total. The third kappa shape index (κ3) is 4.39. The molecule has 0 spiro atoms. The highest BCUT2D eigenvalue weighted by atomic mass is 32.2. The Morgan fingerprint density at radius 1 is 0.903 bits per heavy atom. The number of sulfone groups is 1. The van der Waals surface area contributed by atoms with Crippen LogP contribution in [0.15, 0.2) is 66.7 Å². The van der Waals surface area contributed by atoms with Crippen molar-refractivity contribution in [1.82, 2.24) is 15.0 Å². The van der Waals surface area contributed by atoms with Gasteiger partial charge in [0.15, 0.2) is 15.5 Å². The van der Waals surface area contributed by atoms with Crippen molar-refractivity contribution in [1.29, 1.82) is 0 Å². The van der Waals surface area contributed by atoms with Crippen LogP contribution in [-0.2, 0) is 16.4 Å². The maximum atomic E-state index is 11.7. The van der Waals surface area contributed by atoms with Gasteiger partial charge in [-0.2, -0.15) is 0 Å². The normalized spacial score (nSPS) is 15.8. The van der Waals surface area contributed by atoms with Gasteiger partial charge < -0.3 is 14.6 Å². The zero-order chi connectivity index (χ0) is 21.3. The summed E-state index contributed by atoms with van der Waals surface area (Å²) in [5, 5.41) is 0. The van der Waals surface area contributed by atoms with Crippen LogP contribution in [0.1, 0.15) is 5.56 Å². The van der Waals surface area contributed by atoms with Crippen LogP contribution in [-0.4, -0.2) is 48.0 Å². The summed E-state index contributed by atoms with van der Waals surface area (Å²) in [6.45, 7) is 1.44.